The third-order valence-electron chi connectivity index (χ3n) is 3.02. The van der Waals surface area contributed by atoms with Gasteiger partial charge in [-0.15, -0.1) is 24.2 Å². The van der Waals surface area contributed by atoms with Gasteiger partial charge >= 0.3 is 0 Å². The topological polar surface area (TPSA) is 32.3 Å². The quantitative estimate of drug-likeness (QED) is 0.821. The molecule has 1 amide bonds. The normalized spacial score (nSPS) is 29.6. The van der Waals surface area contributed by atoms with Crippen LogP contribution in [-0.2, 0) is 4.79 Å². The molecule has 2 saturated heterocycles. The van der Waals surface area contributed by atoms with Crippen molar-refractivity contribution in [3.8, 4) is 0 Å². The number of rotatable bonds is 2. The Morgan fingerprint density at radius 3 is 2.81 bits per heavy atom. The fourth-order valence-corrected chi connectivity index (χ4v) is 4.65. The summed E-state index contributed by atoms with van der Waals surface area (Å²) in [6.45, 7) is 2.02. The first-order valence-corrected chi connectivity index (χ1v) is 7.66. The van der Waals surface area contributed by atoms with Gasteiger partial charge in [0.05, 0.1) is 5.25 Å². The molecule has 2 fully saturated rings. The summed E-state index contributed by atoms with van der Waals surface area (Å²) in [5, 5.41) is 3.51. The number of hydrogen-bond acceptors (Lipinski definition) is 4. The largest absolute Gasteiger partial charge is 0.340 e. The summed E-state index contributed by atoms with van der Waals surface area (Å²) in [4.78, 5) is 14.1. The number of hydrogen-bond donors (Lipinski definition) is 1. The molecular formula is C10H19ClN2OS2. The molecule has 0 aromatic rings. The molecule has 3 nitrogen and oxygen atoms in total. The Bertz CT molecular complexity index is 231. The van der Waals surface area contributed by atoms with Gasteiger partial charge in [-0.25, -0.2) is 0 Å². The van der Waals surface area contributed by atoms with Crippen molar-refractivity contribution in [3.05, 3.63) is 0 Å². The number of likely N-dealkylation sites (N-methyl/N-ethyl adjacent to an activating group) is 1. The molecular weight excluding hydrogens is 264 g/mol. The summed E-state index contributed by atoms with van der Waals surface area (Å²) in [5.41, 5.74) is 0. The maximum Gasteiger partial charge on any atom is 0.236 e. The Morgan fingerprint density at radius 1 is 1.44 bits per heavy atom. The third kappa shape index (κ3) is 3.45. The molecule has 2 unspecified atom stereocenters. The van der Waals surface area contributed by atoms with Crippen molar-refractivity contribution in [1.29, 1.82) is 0 Å². The Kier molecular flexibility index (Phi) is 6.32. The van der Waals surface area contributed by atoms with E-state index in [4.69, 9.17) is 0 Å². The van der Waals surface area contributed by atoms with Gasteiger partial charge in [0.15, 0.2) is 0 Å². The second kappa shape index (κ2) is 6.99. The summed E-state index contributed by atoms with van der Waals surface area (Å²) < 4.78 is 0. The van der Waals surface area contributed by atoms with Crippen LogP contribution < -0.4 is 5.32 Å². The van der Waals surface area contributed by atoms with Gasteiger partial charge in [0, 0.05) is 36.9 Å². The smallest absolute Gasteiger partial charge is 0.236 e. The average molecular weight is 283 g/mol. The van der Waals surface area contributed by atoms with Crippen LogP contribution in [0.3, 0.4) is 0 Å². The summed E-state index contributed by atoms with van der Waals surface area (Å²) in [7, 11) is 1.96. The van der Waals surface area contributed by atoms with Gasteiger partial charge in [-0.3, -0.25) is 4.79 Å². The summed E-state index contributed by atoms with van der Waals surface area (Å²) in [6.07, 6.45) is 1.10. The van der Waals surface area contributed by atoms with Crippen molar-refractivity contribution in [2.45, 2.75) is 17.7 Å². The van der Waals surface area contributed by atoms with E-state index in [9.17, 15) is 4.79 Å². The van der Waals surface area contributed by atoms with E-state index < -0.39 is 0 Å². The van der Waals surface area contributed by atoms with Crippen LogP contribution in [0, 0.1) is 0 Å². The van der Waals surface area contributed by atoms with Crippen molar-refractivity contribution in [3.63, 3.8) is 0 Å². The number of nitrogens with zero attached hydrogens (tertiary/aromatic N) is 1. The van der Waals surface area contributed by atoms with Gasteiger partial charge in [0.1, 0.15) is 0 Å². The highest BCUT2D eigenvalue weighted by Crippen LogP contribution is 2.26. The van der Waals surface area contributed by atoms with E-state index in [1.54, 1.807) is 0 Å². The average Bonchev–Trinajstić information content (AvgIpc) is 2.82. The number of nitrogens with one attached hydrogen (secondary N) is 1. The maximum atomic E-state index is 12.1. The molecule has 1 N–H and O–H groups in total. The monoisotopic (exact) mass is 282 g/mol. The van der Waals surface area contributed by atoms with Gasteiger partial charge in [-0.2, -0.15) is 11.8 Å². The fourth-order valence-electron chi connectivity index (χ4n) is 2.01. The first-order valence-electron chi connectivity index (χ1n) is 5.46. The number of thioether (sulfide) groups is 2. The van der Waals surface area contributed by atoms with Gasteiger partial charge in [-0.1, -0.05) is 0 Å². The second-order valence-electron chi connectivity index (χ2n) is 4.03. The molecule has 0 saturated carbocycles. The van der Waals surface area contributed by atoms with E-state index in [1.807, 2.05) is 35.5 Å². The van der Waals surface area contributed by atoms with Gasteiger partial charge < -0.3 is 10.2 Å². The molecule has 0 bridgehead atoms. The predicted molar refractivity (Wildman–Crippen MR) is 74.9 cm³/mol. The van der Waals surface area contributed by atoms with Crippen LogP contribution >= 0.6 is 35.9 Å². The highest BCUT2D eigenvalue weighted by molar-refractivity contribution is 8.07. The lowest BCUT2D eigenvalue weighted by Crippen LogP contribution is -2.44. The highest BCUT2D eigenvalue weighted by Gasteiger charge is 2.30. The molecule has 6 heteroatoms. The lowest BCUT2D eigenvalue weighted by atomic mass is 10.2. The lowest BCUT2D eigenvalue weighted by molar-refractivity contribution is -0.130. The highest BCUT2D eigenvalue weighted by atomic mass is 35.5. The SMILES string of the molecule is CN(C(=O)C1CSCCS1)C1CCNC1.Cl. The number of carbonyl (C=O) groups is 1. The predicted octanol–water partition coefficient (Wildman–Crippen LogP) is 1.08. The Labute approximate surface area is 112 Å². The minimum atomic E-state index is 0. The van der Waals surface area contributed by atoms with Crippen molar-refractivity contribution < 1.29 is 4.79 Å². The van der Waals surface area contributed by atoms with Crippen molar-refractivity contribution >= 4 is 41.8 Å². The molecule has 0 spiro atoms. The number of carbonyl (C=O) groups excluding carboxylic acids is 1. The third-order valence-corrected chi connectivity index (χ3v) is 5.76. The van der Waals surface area contributed by atoms with Crippen LogP contribution in [0.15, 0.2) is 0 Å². The number of halogens is 1. The summed E-state index contributed by atoms with van der Waals surface area (Å²) in [6, 6.07) is 0.421. The standard InChI is InChI=1S/C10H18N2OS2.ClH/c1-12(8-2-3-11-6-8)10(13)9-7-14-4-5-15-9;/h8-9,11H,2-7H2,1H3;1H. The maximum absolute atomic E-state index is 12.1. The summed E-state index contributed by atoms with van der Waals surface area (Å²) in [5.74, 6) is 3.65. The van der Waals surface area contributed by atoms with E-state index in [0.717, 1.165) is 31.0 Å². The van der Waals surface area contributed by atoms with Crippen LogP contribution in [0.4, 0.5) is 0 Å². The van der Waals surface area contributed by atoms with Crippen molar-refractivity contribution in [2.75, 3.05) is 37.4 Å². The fraction of sp³-hybridized carbons (Fsp3) is 0.900. The lowest BCUT2D eigenvalue weighted by Gasteiger charge is -2.29. The minimum absolute atomic E-state index is 0. The molecule has 2 aliphatic rings. The Balaban J connectivity index is 0.00000128. The van der Waals surface area contributed by atoms with E-state index in [2.05, 4.69) is 5.32 Å². The van der Waals surface area contributed by atoms with Crippen LogP contribution in [0.25, 0.3) is 0 Å². The zero-order valence-corrected chi connectivity index (χ0v) is 11.9. The zero-order chi connectivity index (χ0) is 10.7. The van der Waals surface area contributed by atoms with Gasteiger partial charge in [-0.05, 0) is 13.0 Å². The van der Waals surface area contributed by atoms with E-state index >= 15 is 0 Å². The number of amides is 1. The van der Waals surface area contributed by atoms with E-state index in [0.29, 0.717) is 11.9 Å². The molecule has 16 heavy (non-hydrogen) atoms. The van der Waals surface area contributed by atoms with E-state index in [1.165, 1.54) is 5.75 Å². The molecule has 0 aromatic carbocycles. The molecule has 2 heterocycles. The minimum Gasteiger partial charge on any atom is -0.340 e. The van der Waals surface area contributed by atoms with Crippen LogP contribution in [0.5, 0.6) is 0 Å². The zero-order valence-electron chi connectivity index (χ0n) is 9.48. The first kappa shape index (κ1) is 14.5. The Morgan fingerprint density at radius 2 is 2.25 bits per heavy atom. The Hall–Kier alpha value is 0.420. The molecule has 2 atom stereocenters. The molecule has 94 valence electrons. The molecule has 0 radical (unpaired) electrons. The molecule has 2 rings (SSSR count). The van der Waals surface area contributed by atoms with Crippen LogP contribution in [0.1, 0.15) is 6.42 Å². The van der Waals surface area contributed by atoms with Gasteiger partial charge in [0.25, 0.3) is 0 Å². The molecule has 0 aliphatic carbocycles. The molecule has 0 aromatic heterocycles. The van der Waals surface area contributed by atoms with E-state index in [-0.39, 0.29) is 17.7 Å². The van der Waals surface area contributed by atoms with Gasteiger partial charge in [0.2, 0.25) is 5.91 Å². The molecule has 2 aliphatic heterocycles. The summed E-state index contributed by atoms with van der Waals surface area (Å²) >= 11 is 3.73. The second-order valence-corrected chi connectivity index (χ2v) is 6.49. The van der Waals surface area contributed by atoms with Crippen LogP contribution in [-0.4, -0.2) is 59.5 Å². The van der Waals surface area contributed by atoms with Crippen LogP contribution in [0.2, 0.25) is 0 Å². The van der Waals surface area contributed by atoms with Crippen molar-refractivity contribution in [2.24, 2.45) is 0 Å². The first-order chi connectivity index (χ1) is 7.29. The van der Waals surface area contributed by atoms with Crippen molar-refractivity contribution in [1.82, 2.24) is 10.2 Å².